The van der Waals surface area contributed by atoms with Crippen molar-refractivity contribution in [1.82, 2.24) is 9.99 Å². The van der Waals surface area contributed by atoms with E-state index in [0.717, 1.165) is 46.1 Å². The van der Waals surface area contributed by atoms with Gasteiger partial charge in [0, 0.05) is 29.9 Å². The molecule has 30 heavy (non-hydrogen) atoms. The second-order valence-corrected chi connectivity index (χ2v) is 7.23. The summed E-state index contributed by atoms with van der Waals surface area (Å²) < 4.78 is 17.6. The molecule has 0 bridgehead atoms. The van der Waals surface area contributed by atoms with Crippen LogP contribution in [-0.2, 0) is 0 Å². The van der Waals surface area contributed by atoms with Gasteiger partial charge in [-0.2, -0.15) is 5.10 Å². The summed E-state index contributed by atoms with van der Waals surface area (Å²) in [4.78, 5) is 4.15. The Labute approximate surface area is 175 Å². The molecule has 0 fully saturated rings. The number of fused-ring (bicyclic) bond motifs is 3. The summed E-state index contributed by atoms with van der Waals surface area (Å²) in [6, 6.07) is 18.1. The molecule has 6 nitrogen and oxygen atoms in total. The Morgan fingerprint density at radius 3 is 2.60 bits per heavy atom. The lowest BCUT2D eigenvalue weighted by atomic mass is 9.95. The minimum atomic E-state index is -0.345. The highest BCUT2D eigenvalue weighted by atomic mass is 16.5. The Morgan fingerprint density at radius 2 is 1.87 bits per heavy atom. The summed E-state index contributed by atoms with van der Waals surface area (Å²) in [6.45, 7) is 2.57. The molecule has 0 N–H and O–H groups in total. The minimum Gasteiger partial charge on any atom is -0.497 e. The van der Waals surface area contributed by atoms with Gasteiger partial charge in [-0.1, -0.05) is 12.1 Å². The standard InChI is InChI=1S/C24H23N3O3/c1-3-29-22-6-4-5-19-21-15-20(16-7-9-18(28-2)10-8-16)26-27(21)24(30-23(19)22)17-11-13-25-14-12-17/h4-14,21,24H,3,15H2,1-2H3/t21-,24-/m0/s1. The van der Waals surface area contributed by atoms with Crippen molar-refractivity contribution >= 4 is 5.71 Å². The van der Waals surface area contributed by atoms with Crippen LogP contribution in [0.2, 0.25) is 0 Å². The zero-order chi connectivity index (χ0) is 20.5. The molecule has 3 aromatic rings. The van der Waals surface area contributed by atoms with Gasteiger partial charge in [-0.05, 0) is 55.0 Å². The molecule has 0 unspecified atom stereocenters. The van der Waals surface area contributed by atoms with E-state index in [-0.39, 0.29) is 12.3 Å². The third-order valence-electron chi connectivity index (χ3n) is 5.49. The average Bonchev–Trinajstić information content (AvgIpc) is 3.25. The average molecular weight is 401 g/mol. The fourth-order valence-electron chi connectivity index (χ4n) is 4.06. The van der Waals surface area contributed by atoms with Crippen molar-refractivity contribution in [2.45, 2.75) is 25.6 Å². The molecule has 0 saturated heterocycles. The molecule has 5 rings (SSSR count). The molecule has 2 atom stereocenters. The topological polar surface area (TPSA) is 56.2 Å². The SMILES string of the molecule is CCOc1cccc2c1O[C@@H](c1ccncc1)N1N=C(c3ccc(OC)cc3)C[C@@H]21. The van der Waals surface area contributed by atoms with Crippen molar-refractivity contribution in [1.29, 1.82) is 0 Å². The first kappa shape index (κ1) is 18.5. The van der Waals surface area contributed by atoms with Gasteiger partial charge in [0.1, 0.15) is 5.75 Å². The number of pyridine rings is 1. The molecule has 2 aliphatic rings. The zero-order valence-corrected chi connectivity index (χ0v) is 17.0. The van der Waals surface area contributed by atoms with E-state index in [1.54, 1.807) is 19.5 Å². The van der Waals surface area contributed by atoms with E-state index < -0.39 is 0 Å². The first-order valence-electron chi connectivity index (χ1n) is 10.1. The van der Waals surface area contributed by atoms with E-state index in [1.165, 1.54) is 0 Å². The van der Waals surface area contributed by atoms with Crippen LogP contribution in [0.3, 0.4) is 0 Å². The fraction of sp³-hybridized carbons (Fsp3) is 0.250. The Kier molecular flexibility index (Phi) is 4.75. The molecule has 3 heterocycles. The highest BCUT2D eigenvalue weighted by Crippen LogP contribution is 2.50. The van der Waals surface area contributed by atoms with Crippen molar-refractivity contribution in [3.05, 3.63) is 83.7 Å². The fourth-order valence-corrected chi connectivity index (χ4v) is 4.06. The van der Waals surface area contributed by atoms with Crippen LogP contribution in [-0.4, -0.2) is 29.4 Å². The zero-order valence-electron chi connectivity index (χ0n) is 17.0. The second-order valence-electron chi connectivity index (χ2n) is 7.23. The number of methoxy groups -OCH3 is 1. The molecule has 1 aromatic heterocycles. The lowest BCUT2D eigenvalue weighted by Crippen LogP contribution is -2.33. The monoisotopic (exact) mass is 401 g/mol. The van der Waals surface area contributed by atoms with Gasteiger partial charge < -0.3 is 14.2 Å². The quantitative estimate of drug-likeness (QED) is 0.619. The van der Waals surface area contributed by atoms with E-state index in [1.807, 2.05) is 43.3 Å². The summed E-state index contributed by atoms with van der Waals surface area (Å²) in [5.41, 5.74) is 4.21. The predicted octanol–water partition coefficient (Wildman–Crippen LogP) is 4.73. The lowest BCUT2D eigenvalue weighted by molar-refractivity contribution is -0.0212. The summed E-state index contributed by atoms with van der Waals surface area (Å²) in [5.74, 6) is 2.40. The largest absolute Gasteiger partial charge is 0.497 e. The van der Waals surface area contributed by atoms with E-state index >= 15 is 0 Å². The molecule has 0 amide bonds. The van der Waals surface area contributed by atoms with Crippen LogP contribution >= 0.6 is 0 Å². The van der Waals surface area contributed by atoms with Gasteiger partial charge in [0.25, 0.3) is 0 Å². The Bertz CT molecular complexity index is 1070. The Hall–Kier alpha value is -3.54. The molecule has 152 valence electrons. The number of rotatable bonds is 5. The number of para-hydroxylation sites is 1. The van der Waals surface area contributed by atoms with Gasteiger partial charge in [0.15, 0.2) is 11.5 Å². The first-order chi connectivity index (χ1) is 14.8. The maximum atomic E-state index is 6.48. The van der Waals surface area contributed by atoms with Crippen LogP contribution in [0.4, 0.5) is 0 Å². The van der Waals surface area contributed by atoms with Gasteiger partial charge in [0.2, 0.25) is 6.23 Å². The van der Waals surface area contributed by atoms with Crippen LogP contribution in [0, 0.1) is 0 Å². The van der Waals surface area contributed by atoms with Crippen LogP contribution in [0.1, 0.15) is 42.3 Å². The molecule has 6 heteroatoms. The van der Waals surface area contributed by atoms with E-state index in [2.05, 4.69) is 28.2 Å². The summed E-state index contributed by atoms with van der Waals surface area (Å²) >= 11 is 0. The van der Waals surface area contributed by atoms with Gasteiger partial charge in [-0.3, -0.25) is 4.98 Å². The van der Waals surface area contributed by atoms with Crippen molar-refractivity contribution in [2.24, 2.45) is 5.10 Å². The molecular formula is C24H23N3O3. The Balaban J connectivity index is 1.58. The number of hydrogen-bond acceptors (Lipinski definition) is 6. The number of hydrazone groups is 1. The number of hydrogen-bond donors (Lipinski definition) is 0. The smallest absolute Gasteiger partial charge is 0.214 e. The molecule has 0 saturated carbocycles. The number of nitrogens with zero attached hydrogens (tertiary/aromatic N) is 3. The first-order valence-corrected chi connectivity index (χ1v) is 10.1. The predicted molar refractivity (Wildman–Crippen MR) is 114 cm³/mol. The molecule has 0 aliphatic carbocycles. The van der Waals surface area contributed by atoms with Crippen molar-refractivity contribution in [2.75, 3.05) is 13.7 Å². The molecule has 2 aromatic carbocycles. The molecule has 0 radical (unpaired) electrons. The maximum Gasteiger partial charge on any atom is 0.214 e. The maximum absolute atomic E-state index is 6.48. The van der Waals surface area contributed by atoms with Gasteiger partial charge in [0.05, 0.1) is 25.5 Å². The van der Waals surface area contributed by atoms with Gasteiger partial charge in [-0.15, -0.1) is 0 Å². The van der Waals surface area contributed by atoms with Crippen LogP contribution in [0.5, 0.6) is 17.2 Å². The summed E-state index contributed by atoms with van der Waals surface area (Å²) in [6.07, 6.45) is 4.01. The van der Waals surface area contributed by atoms with E-state index in [0.29, 0.717) is 6.61 Å². The normalized spacial score (nSPS) is 19.4. The van der Waals surface area contributed by atoms with E-state index in [4.69, 9.17) is 19.3 Å². The van der Waals surface area contributed by atoms with Crippen LogP contribution in [0.15, 0.2) is 72.1 Å². The third-order valence-corrected chi connectivity index (χ3v) is 5.49. The molecule has 2 aliphatic heterocycles. The van der Waals surface area contributed by atoms with Crippen LogP contribution < -0.4 is 14.2 Å². The van der Waals surface area contributed by atoms with E-state index in [9.17, 15) is 0 Å². The summed E-state index contributed by atoms with van der Waals surface area (Å²) in [5, 5.41) is 7.05. The number of benzene rings is 2. The highest BCUT2D eigenvalue weighted by Gasteiger charge is 2.42. The summed E-state index contributed by atoms with van der Waals surface area (Å²) in [7, 11) is 1.67. The molecular weight excluding hydrogens is 378 g/mol. The second kappa shape index (κ2) is 7.71. The lowest BCUT2D eigenvalue weighted by Gasteiger charge is -2.38. The number of ether oxygens (including phenoxy) is 3. The van der Waals surface area contributed by atoms with Crippen molar-refractivity contribution in [3.8, 4) is 17.2 Å². The molecule has 0 spiro atoms. The van der Waals surface area contributed by atoms with Crippen molar-refractivity contribution < 1.29 is 14.2 Å². The van der Waals surface area contributed by atoms with Crippen LogP contribution in [0.25, 0.3) is 0 Å². The van der Waals surface area contributed by atoms with Crippen molar-refractivity contribution in [3.63, 3.8) is 0 Å². The number of aromatic nitrogens is 1. The third kappa shape index (κ3) is 3.14. The van der Waals surface area contributed by atoms with Gasteiger partial charge in [-0.25, -0.2) is 5.01 Å². The minimum absolute atomic E-state index is 0.0735. The Morgan fingerprint density at radius 1 is 1.07 bits per heavy atom. The van der Waals surface area contributed by atoms with Gasteiger partial charge >= 0.3 is 0 Å². The highest BCUT2D eigenvalue weighted by molar-refractivity contribution is 6.02.